The fourth-order valence-corrected chi connectivity index (χ4v) is 3.32. The van der Waals surface area contributed by atoms with Crippen LogP contribution in [0, 0.1) is 6.92 Å². The summed E-state index contributed by atoms with van der Waals surface area (Å²) >= 11 is 0. The molecule has 1 N–H and O–H groups in total. The molecule has 0 radical (unpaired) electrons. The standard InChI is InChI=1S/C17H24N4O5S/c1-12(2)25-15-7-5-14(6-8-15)21(4)27(23,24)10-9-18-17(22)11-16-19-13(3)26-20-16/h5-8,12H,9-11H2,1-4H3,(H,18,22). The van der Waals surface area contributed by atoms with Gasteiger partial charge in [0.05, 0.1) is 24.0 Å². The molecule has 0 bridgehead atoms. The molecule has 1 amide bonds. The third kappa shape index (κ3) is 6.24. The summed E-state index contributed by atoms with van der Waals surface area (Å²) in [5.74, 6) is 0.693. The summed E-state index contributed by atoms with van der Waals surface area (Å²) in [5.41, 5.74) is 0.514. The molecule has 0 saturated heterocycles. The number of hydrogen-bond donors (Lipinski definition) is 1. The molecule has 1 aromatic heterocycles. The van der Waals surface area contributed by atoms with Crippen LogP contribution in [-0.2, 0) is 21.2 Å². The largest absolute Gasteiger partial charge is 0.491 e. The molecule has 0 aliphatic heterocycles. The second kappa shape index (κ2) is 8.85. The first-order valence-electron chi connectivity index (χ1n) is 8.46. The number of nitrogens with zero attached hydrogens (tertiary/aromatic N) is 3. The lowest BCUT2D eigenvalue weighted by Crippen LogP contribution is -2.36. The lowest BCUT2D eigenvalue weighted by atomic mass is 10.3. The summed E-state index contributed by atoms with van der Waals surface area (Å²) in [6.07, 6.45) is -0.0258. The number of nitrogens with one attached hydrogen (secondary N) is 1. The van der Waals surface area contributed by atoms with Crippen LogP contribution in [0.2, 0.25) is 0 Å². The molecule has 1 aromatic carbocycles. The summed E-state index contributed by atoms with van der Waals surface area (Å²) in [4.78, 5) is 15.7. The van der Waals surface area contributed by atoms with Gasteiger partial charge in [0.2, 0.25) is 21.8 Å². The van der Waals surface area contributed by atoms with Gasteiger partial charge in [-0.1, -0.05) is 5.16 Å². The summed E-state index contributed by atoms with van der Waals surface area (Å²) in [5, 5.41) is 6.17. The summed E-state index contributed by atoms with van der Waals surface area (Å²) in [7, 11) is -2.12. The molecular weight excluding hydrogens is 372 g/mol. The second-order valence-electron chi connectivity index (χ2n) is 6.20. The van der Waals surface area contributed by atoms with Crippen molar-refractivity contribution in [1.82, 2.24) is 15.5 Å². The molecule has 10 heteroatoms. The van der Waals surface area contributed by atoms with Crippen LogP contribution in [0.3, 0.4) is 0 Å². The number of carbonyl (C=O) groups excluding carboxylic acids is 1. The zero-order valence-corrected chi connectivity index (χ0v) is 16.6. The zero-order valence-electron chi connectivity index (χ0n) is 15.8. The highest BCUT2D eigenvalue weighted by atomic mass is 32.2. The Kier molecular flexibility index (Phi) is 6.78. The Balaban J connectivity index is 1.86. The van der Waals surface area contributed by atoms with Crippen LogP contribution >= 0.6 is 0 Å². The van der Waals surface area contributed by atoms with E-state index in [9.17, 15) is 13.2 Å². The molecule has 0 aliphatic carbocycles. The SMILES string of the molecule is Cc1nc(CC(=O)NCCS(=O)(=O)N(C)c2ccc(OC(C)C)cc2)no1. The van der Waals surface area contributed by atoms with E-state index in [0.29, 0.717) is 17.3 Å². The van der Waals surface area contributed by atoms with Crippen molar-refractivity contribution in [2.75, 3.05) is 23.7 Å². The van der Waals surface area contributed by atoms with E-state index in [1.54, 1.807) is 31.2 Å². The van der Waals surface area contributed by atoms with Gasteiger partial charge in [-0.05, 0) is 38.1 Å². The van der Waals surface area contributed by atoms with Crippen LogP contribution in [0.15, 0.2) is 28.8 Å². The Morgan fingerprint density at radius 3 is 2.52 bits per heavy atom. The van der Waals surface area contributed by atoms with E-state index in [4.69, 9.17) is 9.26 Å². The van der Waals surface area contributed by atoms with Gasteiger partial charge in [-0.25, -0.2) is 8.42 Å². The first-order chi connectivity index (χ1) is 12.7. The molecule has 0 spiro atoms. The molecule has 9 nitrogen and oxygen atoms in total. The summed E-state index contributed by atoms with van der Waals surface area (Å²) in [6, 6.07) is 6.78. The molecule has 0 unspecified atom stereocenters. The van der Waals surface area contributed by atoms with E-state index < -0.39 is 10.0 Å². The monoisotopic (exact) mass is 396 g/mol. The molecule has 0 fully saturated rings. The number of carbonyl (C=O) groups is 1. The highest BCUT2D eigenvalue weighted by Gasteiger charge is 2.19. The third-order valence-electron chi connectivity index (χ3n) is 3.56. The highest BCUT2D eigenvalue weighted by Crippen LogP contribution is 2.21. The third-order valence-corrected chi connectivity index (χ3v) is 5.33. The fourth-order valence-electron chi connectivity index (χ4n) is 2.24. The molecular formula is C17H24N4O5S. The number of rotatable bonds is 9. The number of sulfonamides is 1. The van der Waals surface area contributed by atoms with Crippen LogP contribution in [0.1, 0.15) is 25.6 Å². The minimum atomic E-state index is -3.59. The van der Waals surface area contributed by atoms with E-state index >= 15 is 0 Å². The van der Waals surface area contributed by atoms with Gasteiger partial charge in [-0.3, -0.25) is 9.10 Å². The average Bonchev–Trinajstić information content (AvgIpc) is 2.99. The van der Waals surface area contributed by atoms with Gasteiger partial charge in [0, 0.05) is 20.5 Å². The number of aromatic nitrogens is 2. The van der Waals surface area contributed by atoms with Crippen LogP contribution in [0.5, 0.6) is 5.75 Å². The van der Waals surface area contributed by atoms with Gasteiger partial charge < -0.3 is 14.6 Å². The molecule has 0 aliphatic rings. The lowest BCUT2D eigenvalue weighted by Gasteiger charge is -2.20. The molecule has 0 atom stereocenters. The molecule has 1 heterocycles. The van der Waals surface area contributed by atoms with Crippen molar-refractivity contribution in [2.24, 2.45) is 0 Å². The maximum absolute atomic E-state index is 12.4. The highest BCUT2D eigenvalue weighted by molar-refractivity contribution is 7.92. The Labute approximate surface area is 158 Å². The molecule has 148 valence electrons. The Morgan fingerprint density at radius 1 is 1.30 bits per heavy atom. The van der Waals surface area contributed by atoms with Crippen LogP contribution < -0.4 is 14.4 Å². The molecule has 0 saturated carbocycles. The van der Waals surface area contributed by atoms with E-state index in [0.717, 1.165) is 0 Å². The topological polar surface area (TPSA) is 115 Å². The van der Waals surface area contributed by atoms with Gasteiger partial charge >= 0.3 is 0 Å². The average molecular weight is 396 g/mol. The zero-order chi connectivity index (χ0) is 20.0. The van der Waals surface area contributed by atoms with Crippen molar-refractivity contribution in [1.29, 1.82) is 0 Å². The lowest BCUT2D eigenvalue weighted by molar-refractivity contribution is -0.120. The number of hydrogen-bond acceptors (Lipinski definition) is 7. The first-order valence-corrected chi connectivity index (χ1v) is 10.1. The van der Waals surface area contributed by atoms with Gasteiger partial charge in [0.15, 0.2) is 5.82 Å². The first kappa shape index (κ1) is 20.7. The van der Waals surface area contributed by atoms with Crippen LogP contribution in [0.4, 0.5) is 5.69 Å². The van der Waals surface area contributed by atoms with E-state index in [1.807, 2.05) is 13.8 Å². The quantitative estimate of drug-likeness (QED) is 0.679. The predicted molar refractivity (Wildman–Crippen MR) is 100 cm³/mol. The van der Waals surface area contributed by atoms with Crippen molar-refractivity contribution in [3.63, 3.8) is 0 Å². The summed E-state index contributed by atoms with van der Waals surface area (Å²) in [6.45, 7) is 5.44. The van der Waals surface area contributed by atoms with Gasteiger partial charge in [0.25, 0.3) is 0 Å². The van der Waals surface area contributed by atoms with E-state index in [-0.39, 0.29) is 36.6 Å². The van der Waals surface area contributed by atoms with Gasteiger partial charge in [0.1, 0.15) is 5.75 Å². The molecule has 2 aromatic rings. The van der Waals surface area contributed by atoms with Crippen molar-refractivity contribution in [2.45, 2.75) is 33.3 Å². The van der Waals surface area contributed by atoms with Crippen LogP contribution in [0.25, 0.3) is 0 Å². The normalized spacial score (nSPS) is 11.4. The Morgan fingerprint density at radius 2 is 1.96 bits per heavy atom. The Hall–Kier alpha value is -2.62. The van der Waals surface area contributed by atoms with Crippen molar-refractivity contribution < 1.29 is 22.5 Å². The number of ether oxygens (including phenoxy) is 1. The van der Waals surface area contributed by atoms with Gasteiger partial charge in [-0.15, -0.1) is 0 Å². The number of amides is 1. The number of aryl methyl sites for hydroxylation is 1. The van der Waals surface area contributed by atoms with Crippen molar-refractivity contribution in [3.8, 4) is 5.75 Å². The van der Waals surface area contributed by atoms with Crippen molar-refractivity contribution >= 4 is 21.6 Å². The fraction of sp³-hybridized carbons (Fsp3) is 0.471. The van der Waals surface area contributed by atoms with E-state index in [1.165, 1.54) is 11.4 Å². The molecule has 2 rings (SSSR count). The number of anilines is 1. The number of benzene rings is 1. The van der Waals surface area contributed by atoms with Crippen LogP contribution in [-0.4, -0.2) is 49.9 Å². The second-order valence-corrected chi connectivity index (χ2v) is 8.32. The Bertz CT molecular complexity index is 862. The smallest absolute Gasteiger partial charge is 0.236 e. The minimum Gasteiger partial charge on any atom is -0.491 e. The van der Waals surface area contributed by atoms with E-state index in [2.05, 4.69) is 15.5 Å². The maximum atomic E-state index is 12.4. The van der Waals surface area contributed by atoms with Gasteiger partial charge in [-0.2, -0.15) is 4.98 Å². The minimum absolute atomic E-state index is 0.0170. The summed E-state index contributed by atoms with van der Waals surface area (Å²) < 4.78 is 36.4. The predicted octanol–water partition coefficient (Wildman–Crippen LogP) is 1.29. The maximum Gasteiger partial charge on any atom is 0.236 e. The molecule has 27 heavy (non-hydrogen) atoms. The van der Waals surface area contributed by atoms with Crippen molar-refractivity contribution in [3.05, 3.63) is 36.0 Å².